The molecule has 0 bridgehead atoms. The Bertz CT molecular complexity index is 1220. The third-order valence-corrected chi connectivity index (χ3v) is 5.57. The Balaban J connectivity index is 2.08. The summed E-state index contributed by atoms with van der Waals surface area (Å²) in [5, 5.41) is 0.868. The molecule has 2 aromatic heterocycles. The maximum absolute atomic E-state index is 13.3. The first kappa shape index (κ1) is 17.2. The molecule has 0 radical (unpaired) electrons. The number of rotatable bonds is 4. The minimum atomic E-state index is -0.208. The van der Waals surface area contributed by atoms with E-state index in [1.165, 1.54) is 32.7 Å². The fourth-order valence-corrected chi connectivity index (χ4v) is 4.29. The van der Waals surface area contributed by atoms with Crippen molar-refractivity contribution in [2.24, 2.45) is 0 Å². The normalized spacial score (nSPS) is 11.1. The number of nitrogens with two attached hydrogens (primary N) is 1. The Morgan fingerprint density at radius 3 is 2.41 bits per heavy atom. The monoisotopic (exact) mass is 383 g/mol. The van der Waals surface area contributed by atoms with E-state index in [2.05, 4.69) is 0 Å². The zero-order valence-electron chi connectivity index (χ0n) is 15.0. The van der Waals surface area contributed by atoms with Gasteiger partial charge in [-0.3, -0.25) is 4.79 Å². The average Bonchev–Trinajstić information content (AvgIpc) is 3.06. The summed E-state index contributed by atoms with van der Waals surface area (Å²) >= 11 is 1.38. The van der Waals surface area contributed by atoms with E-state index in [4.69, 9.17) is 24.4 Å². The van der Waals surface area contributed by atoms with Crippen LogP contribution in [0.25, 0.3) is 31.5 Å². The van der Waals surface area contributed by atoms with E-state index in [0.29, 0.717) is 33.1 Å². The van der Waals surface area contributed by atoms with Crippen LogP contribution >= 0.6 is 11.3 Å². The molecule has 0 aliphatic heterocycles. The van der Waals surface area contributed by atoms with E-state index in [1.54, 1.807) is 12.1 Å². The molecule has 2 heterocycles. The highest BCUT2D eigenvalue weighted by molar-refractivity contribution is 7.25. The topological polar surface area (TPSA) is 83.9 Å². The van der Waals surface area contributed by atoms with Crippen molar-refractivity contribution in [3.05, 3.63) is 46.6 Å². The van der Waals surface area contributed by atoms with Gasteiger partial charge >= 0.3 is 0 Å². The molecule has 2 N–H and O–H groups in total. The van der Waals surface area contributed by atoms with E-state index in [1.807, 2.05) is 24.3 Å². The lowest BCUT2D eigenvalue weighted by Crippen LogP contribution is -2.09. The van der Waals surface area contributed by atoms with Gasteiger partial charge < -0.3 is 24.4 Å². The van der Waals surface area contributed by atoms with E-state index >= 15 is 0 Å². The molecule has 0 amide bonds. The SMILES string of the molecule is COc1ccc(-c2c(N)oc3c(sc4ccccc43)c2=O)c(OC)c1OC. The van der Waals surface area contributed by atoms with Crippen LogP contribution in [0.2, 0.25) is 0 Å². The van der Waals surface area contributed by atoms with Gasteiger partial charge in [-0.05, 0) is 24.3 Å². The van der Waals surface area contributed by atoms with Gasteiger partial charge in [0.15, 0.2) is 17.1 Å². The second kappa shape index (κ2) is 6.51. The molecule has 27 heavy (non-hydrogen) atoms. The maximum Gasteiger partial charge on any atom is 0.212 e. The second-order valence-corrected chi connectivity index (χ2v) is 6.86. The van der Waals surface area contributed by atoms with Crippen LogP contribution in [0.1, 0.15) is 0 Å². The summed E-state index contributed by atoms with van der Waals surface area (Å²) in [6, 6.07) is 11.1. The van der Waals surface area contributed by atoms with E-state index in [0.717, 1.165) is 10.1 Å². The number of methoxy groups -OCH3 is 3. The largest absolute Gasteiger partial charge is 0.493 e. The third-order valence-electron chi connectivity index (χ3n) is 4.42. The molecular weight excluding hydrogens is 366 g/mol. The highest BCUT2D eigenvalue weighted by Gasteiger charge is 2.24. The Kier molecular flexibility index (Phi) is 4.16. The Hall–Kier alpha value is -3.19. The molecule has 0 saturated carbocycles. The molecule has 0 unspecified atom stereocenters. The fraction of sp³-hybridized carbons (Fsp3) is 0.150. The van der Waals surface area contributed by atoms with Crippen molar-refractivity contribution in [2.45, 2.75) is 0 Å². The van der Waals surface area contributed by atoms with Crippen molar-refractivity contribution in [1.29, 1.82) is 0 Å². The van der Waals surface area contributed by atoms with E-state index in [-0.39, 0.29) is 16.9 Å². The number of nitrogen functional groups attached to an aromatic ring is 1. The summed E-state index contributed by atoms with van der Waals surface area (Å²) in [7, 11) is 4.53. The summed E-state index contributed by atoms with van der Waals surface area (Å²) in [6.45, 7) is 0. The van der Waals surface area contributed by atoms with Crippen molar-refractivity contribution in [3.63, 3.8) is 0 Å². The Morgan fingerprint density at radius 2 is 1.70 bits per heavy atom. The Labute approximate surface area is 158 Å². The zero-order chi connectivity index (χ0) is 19.1. The number of benzene rings is 2. The molecule has 138 valence electrons. The van der Waals surface area contributed by atoms with E-state index < -0.39 is 0 Å². The van der Waals surface area contributed by atoms with Crippen LogP contribution in [0.5, 0.6) is 17.2 Å². The molecule has 7 heteroatoms. The van der Waals surface area contributed by atoms with Crippen molar-refractivity contribution in [2.75, 3.05) is 27.1 Å². The summed E-state index contributed by atoms with van der Waals surface area (Å²) in [4.78, 5) is 13.3. The van der Waals surface area contributed by atoms with Gasteiger partial charge in [0.05, 0.1) is 26.9 Å². The van der Waals surface area contributed by atoms with E-state index in [9.17, 15) is 4.79 Å². The van der Waals surface area contributed by atoms with Crippen molar-refractivity contribution >= 4 is 37.6 Å². The molecule has 0 spiro atoms. The van der Waals surface area contributed by atoms with Crippen LogP contribution in [-0.4, -0.2) is 21.3 Å². The van der Waals surface area contributed by atoms with Gasteiger partial charge in [-0.2, -0.15) is 0 Å². The molecule has 0 fully saturated rings. The maximum atomic E-state index is 13.3. The van der Waals surface area contributed by atoms with Crippen LogP contribution in [-0.2, 0) is 0 Å². The summed E-state index contributed by atoms with van der Waals surface area (Å²) in [6.07, 6.45) is 0. The first-order chi connectivity index (χ1) is 13.1. The van der Waals surface area contributed by atoms with Gasteiger partial charge in [-0.15, -0.1) is 11.3 Å². The number of fused-ring (bicyclic) bond motifs is 3. The fourth-order valence-electron chi connectivity index (χ4n) is 3.21. The van der Waals surface area contributed by atoms with Crippen molar-refractivity contribution < 1.29 is 18.6 Å². The molecule has 6 nitrogen and oxygen atoms in total. The average molecular weight is 383 g/mol. The summed E-state index contributed by atoms with van der Waals surface area (Å²) in [5.74, 6) is 1.26. The lowest BCUT2D eigenvalue weighted by atomic mass is 10.0. The first-order valence-corrected chi connectivity index (χ1v) is 8.95. The van der Waals surface area contributed by atoms with Gasteiger partial charge in [0.2, 0.25) is 17.1 Å². The van der Waals surface area contributed by atoms with Gasteiger partial charge in [-0.25, -0.2) is 0 Å². The number of thiophene rings is 1. The molecule has 0 aliphatic rings. The lowest BCUT2D eigenvalue weighted by Gasteiger charge is -2.16. The highest BCUT2D eigenvalue weighted by atomic mass is 32.1. The Morgan fingerprint density at radius 1 is 0.963 bits per heavy atom. The van der Waals surface area contributed by atoms with Crippen LogP contribution < -0.4 is 25.4 Å². The van der Waals surface area contributed by atoms with Crippen molar-refractivity contribution in [1.82, 2.24) is 0 Å². The van der Waals surface area contributed by atoms with Crippen molar-refractivity contribution in [3.8, 4) is 28.4 Å². The number of hydrogen-bond donors (Lipinski definition) is 1. The van der Waals surface area contributed by atoms with Gasteiger partial charge in [0.1, 0.15) is 4.70 Å². The number of ether oxygens (including phenoxy) is 3. The van der Waals surface area contributed by atoms with Crippen LogP contribution in [0, 0.1) is 0 Å². The first-order valence-electron chi connectivity index (χ1n) is 8.13. The molecular formula is C20H17NO5S. The second-order valence-electron chi connectivity index (χ2n) is 5.81. The molecule has 2 aromatic carbocycles. The minimum absolute atomic E-state index is 0.0292. The molecule has 0 saturated heterocycles. The predicted molar refractivity (Wildman–Crippen MR) is 107 cm³/mol. The summed E-state index contributed by atoms with van der Waals surface area (Å²) < 4.78 is 23.6. The highest BCUT2D eigenvalue weighted by Crippen LogP contribution is 2.45. The smallest absolute Gasteiger partial charge is 0.212 e. The minimum Gasteiger partial charge on any atom is -0.493 e. The third kappa shape index (κ3) is 2.50. The molecule has 0 aliphatic carbocycles. The number of hydrogen-bond acceptors (Lipinski definition) is 7. The predicted octanol–water partition coefficient (Wildman–Crippen LogP) is 4.28. The van der Waals surface area contributed by atoms with Gasteiger partial charge in [-0.1, -0.05) is 12.1 Å². The van der Waals surface area contributed by atoms with Crippen LogP contribution in [0.4, 0.5) is 5.88 Å². The van der Waals surface area contributed by atoms with Gasteiger partial charge in [0.25, 0.3) is 0 Å². The van der Waals surface area contributed by atoms with Crippen LogP contribution in [0.3, 0.4) is 0 Å². The number of anilines is 1. The zero-order valence-corrected chi connectivity index (χ0v) is 15.8. The lowest BCUT2D eigenvalue weighted by molar-refractivity contribution is 0.325. The quantitative estimate of drug-likeness (QED) is 0.566. The molecule has 0 atom stereocenters. The standard InChI is InChI=1S/C20H17NO5S/c1-23-12-9-8-11(16(24-2)18(12)25-3)14-15(22)19-17(26-20(14)21)10-6-4-5-7-13(10)27-19/h4-9H,21H2,1-3H3. The molecule has 4 rings (SSSR count). The van der Waals surface area contributed by atoms with Gasteiger partial charge in [0, 0.05) is 15.6 Å². The van der Waals surface area contributed by atoms with Crippen LogP contribution in [0.15, 0.2) is 45.6 Å². The summed E-state index contributed by atoms with van der Waals surface area (Å²) in [5.41, 5.74) is 7.19. The molecule has 4 aromatic rings.